The lowest BCUT2D eigenvalue weighted by molar-refractivity contribution is -0.166. The van der Waals surface area contributed by atoms with Gasteiger partial charge in [0.1, 0.15) is 0 Å². The molecular formula is C20H30O3. The van der Waals surface area contributed by atoms with Gasteiger partial charge in [-0.2, -0.15) is 0 Å². The number of carbonyl (C=O) groups is 1. The predicted molar refractivity (Wildman–Crippen MR) is 90.5 cm³/mol. The number of allylic oxidation sites excluding steroid dienone is 3. The standard InChI is InChI=1S/C20H30O3/c1-13(2)7-5-10-19(3)11-6-12-20(4)15(19)9-8-14-16(20)18(22)23-17(14)21/h7-8,15-16,18,22H,5-6,9-12H2,1-4H3/t15?,16-,18-,19-,20+/m1/s1. The lowest BCUT2D eigenvalue weighted by Gasteiger charge is -2.56. The van der Waals surface area contributed by atoms with E-state index in [0.717, 1.165) is 24.8 Å². The van der Waals surface area contributed by atoms with Gasteiger partial charge in [-0.05, 0) is 62.7 Å². The van der Waals surface area contributed by atoms with Gasteiger partial charge in [0.15, 0.2) is 0 Å². The first-order valence-corrected chi connectivity index (χ1v) is 9.00. The number of aliphatic hydroxyl groups excluding tert-OH is 1. The highest BCUT2D eigenvalue weighted by atomic mass is 16.6. The highest BCUT2D eigenvalue weighted by Gasteiger charge is 2.59. The van der Waals surface area contributed by atoms with Crippen LogP contribution in [0.3, 0.4) is 0 Å². The molecule has 128 valence electrons. The van der Waals surface area contributed by atoms with Gasteiger partial charge >= 0.3 is 5.97 Å². The Balaban J connectivity index is 1.90. The molecule has 2 fully saturated rings. The number of cyclic esters (lactones) is 1. The number of esters is 1. The third-order valence-electron chi connectivity index (χ3n) is 6.74. The van der Waals surface area contributed by atoms with Gasteiger partial charge in [0, 0.05) is 5.57 Å². The summed E-state index contributed by atoms with van der Waals surface area (Å²) in [5, 5.41) is 10.3. The van der Waals surface area contributed by atoms with Crippen LogP contribution in [0.2, 0.25) is 0 Å². The molecule has 1 saturated carbocycles. The third-order valence-corrected chi connectivity index (χ3v) is 6.74. The minimum Gasteiger partial charge on any atom is -0.432 e. The summed E-state index contributed by atoms with van der Waals surface area (Å²) in [6.07, 6.45) is 10.2. The molecule has 0 bridgehead atoms. The SMILES string of the molecule is CC(C)=CCC[C@]1(C)CCC[C@@]2(C)C1CC=C1C(=O)O[C@@H](O)[C@@H]12. The van der Waals surface area contributed by atoms with Gasteiger partial charge in [-0.15, -0.1) is 0 Å². The van der Waals surface area contributed by atoms with Gasteiger partial charge in [0.25, 0.3) is 0 Å². The minimum absolute atomic E-state index is 0.0341. The van der Waals surface area contributed by atoms with E-state index >= 15 is 0 Å². The zero-order chi connectivity index (χ0) is 16.8. The molecule has 3 rings (SSSR count). The number of hydrogen-bond donors (Lipinski definition) is 1. The van der Waals surface area contributed by atoms with Gasteiger partial charge in [0.2, 0.25) is 6.29 Å². The van der Waals surface area contributed by atoms with E-state index in [1.54, 1.807) is 0 Å². The lowest BCUT2D eigenvalue weighted by Crippen LogP contribution is -2.51. The molecule has 1 N–H and O–H groups in total. The maximum atomic E-state index is 12.0. The van der Waals surface area contributed by atoms with Crippen LogP contribution in [0.15, 0.2) is 23.3 Å². The van der Waals surface area contributed by atoms with Crippen LogP contribution in [0.5, 0.6) is 0 Å². The Morgan fingerprint density at radius 1 is 1.39 bits per heavy atom. The number of carbonyl (C=O) groups excluding carboxylic acids is 1. The minimum atomic E-state index is -0.957. The Labute approximate surface area is 139 Å². The quantitative estimate of drug-likeness (QED) is 0.621. The predicted octanol–water partition coefficient (Wildman–Crippen LogP) is 4.37. The summed E-state index contributed by atoms with van der Waals surface area (Å²) in [4.78, 5) is 12.0. The van der Waals surface area contributed by atoms with Crippen LogP contribution >= 0.6 is 0 Å². The fourth-order valence-electron chi connectivity index (χ4n) is 5.60. The van der Waals surface area contributed by atoms with Crippen LogP contribution in [-0.4, -0.2) is 17.4 Å². The molecular weight excluding hydrogens is 288 g/mol. The normalized spacial score (nSPS) is 42.4. The summed E-state index contributed by atoms with van der Waals surface area (Å²) in [5.41, 5.74) is 2.34. The maximum absolute atomic E-state index is 12.0. The lowest BCUT2D eigenvalue weighted by atomic mass is 9.47. The molecule has 23 heavy (non-hydrogen) atoms. The molecule has 0 radical (unpaired) electrons. The van der Waals surface area contributed by atoms with Crippen molar-refractivity contribution in [3.8, 4) is 0 Å². The molecule has 5 atom stereocenters. The van der Waals surface area contributed by atoms with Gasteiger partial charge in [0.05, 0.1) is 5.92 Å². The molecule has 0 spiro atoms. The Morgan fingerprint density at radius 3 is 2.83 bits per heavy atom. The average Bonchev–Trinajstić information content (AvgIpc) is 2.74. The number of fused-ring (bicyclic) bond motifs is 3. The van der Waals surface area contributed by atoms with Crippen LogP contribution < -0.4 is 0 Å². The van der Waals surface area contributed by atoms with E-state index < -0.39 is 6.29 Å². The smallest absolute Gasteiger partial charge is 0.336 e. The number of hydrogen-bond acceptors (Lipinski definition) is 3. The molecule has 3 aliphatic rings. The molecule has 0 aromatic rings. The second kappa shape index (κ2) is 5.77. The average molecular weight is 318 g/mol. The van der Waals surface area contributed by atoms with E-state index in [4.69, 9.17) is 4.74 Å². The first-order valence-electron chi connectivity index (χ1n) is 9.00. The highest BCUT2D eigenvalue weighted by Crippen LogP contribution is 2.63. The van der Waals surface area contributed by atoms with Crippen molar-refractivity contribution in [2.75, 3.05) is 0 Å². The van der Waals surface area contributed by atoms with Crippen LogP contribution in [0.25, 0.3) is 0 Å². The molecule has 3 heteroatoms. The Hall–Kier alpha value is -1.09. The first kappa shape index (κ1) is 16.8. The number of aliphatic hydroxyl groups is 1. The summed E-state index contributed by atoms with van der Waals surface area (Å²) in [7, 11) is 0. The molecule has 1 saturated heterocycles. The largest absolute Gasteiger partial charge is 0.432 e. The van der Waals surface area contributed by atoms with E-state index in [1.165, 1.54) is 24.8 Å². The van der Waals surface area contributed by atoms with Crippen molar-refractivity contribution in [2.45, 2.75) is 72.5 Å². The highest BCUT2D eigenvalue weighted by molar-refractivity contribution is 5.91. The van der Waals surface area contributed by atoms with E-state index in [2.05, 4.69) is 39.8 Å². The molecule has 1 heterocycles. The first-order chi connectivity index (χ1) is 10.8. The molecule has 0 amide bonds. The van der Waals surface area contributed by atoms with E-state index in [1.807, 2.05) is 0 Å². The Bertz CT molecular complexity index is 557. The van der Waals surface area contributed by atoms with Crippen molar-refractivity contribution in [3.05, 3.63) is 23.3 Å². The van der Waals surface area contributed by atoms with E-state index in [-0.39, 0.29) is 22.7 Å². The summed E-state index contributed by atoms with van der Waals surface area (Å²) in [5.74, 6) is 0.0584. The van der Waals surface area contributed by atoms with Crippen LogP contribution in [0.4, 0.5) is 0 Å². The molecule has 2 aliphatic carbocycles. The zero-order valence-electron chi connectivity index (χ0n) is 14.9. The number of ether oxygens (including phenoxy) is 1. The summed E-state index contributed by atoms with van der Waals surface area (Å²) in [6.45, 7) is 9.00. The fraction of sp³-hybridized carbons (Fsp3) is 0.750. The van der Waals surface area contributed by atoms with Crippen molar-refractivity contribution in [1.82, 2.24) is 0 Å². The van der Waals surface area contributed by atoms with Gasteiger partial charge in [-0.25, -0.2) is 4.79 Å². The number of rotatable bonds is 3. The van der Waals surface area contributed by atoms with Gasteiger partial charge in [-0.3, -0.25) is 0 Å². The summed E-state index contributed by atoms with van der Waals surface area (Å²) < 4.78 is 5.14. The van der Waals surface area contributed by atoms with Crippen molar-refractivity contribution in [2.24, 2.45) is 22.7 Å². The Morgan fingerprint density at radius 2 is 2.13 bits per heavy atom. The maximum Gasteiger partial charge on any atom is 0.336 e. The van der Waals surface area contributed by atoms with Crippen LogP contribution in [0, 0.1) is 22.7 Å². The van der Waals surface area contributed by atoms with Gasteiger partial charge in [-0.1, -0.05) is 38.0 Å². The molecule has 0 aromatic carbocycles. The van der Waals surface area contributed by atoms with Crippen molar-refractivity contribution < 1.29 is 14.6 Å². The second-order valence-corrected chi connectivity index (χ2v) is 8.55. The summed E-state index contributed by atoms with van der Waals surface area (Å²) in [6, 6.07) is 0. The molecule has 1 aliphatic heterocycles. The molecule has 0 aromatic heterocycles. The molecule has 3 nitrogen and oxygen atoms in total. The topological polar surface area (TPSA) is 46.5 Å². The zero-order valence-corrected chi connectivity index (χ0v) is 14.9. The second-order valence-electron chi connectivity index (χ2n) is 8.55. The van der Waals surface area contributed by atoms with Crippen LogP contribution in [-0.2, 0) is 9.53 Å². The Kier molecular flexibility index (Phi) is 4.20. The van der Waals surface area contributed by atoms with Crippen molar-refractivity contribution >= 4 is 5.97 Å². The molecule has 1 unspecified atom stereocenters. The van der Waals surface area contributed by atoms with Gasteiger partial charge < -0.3 is 9.84 Å². The third kappa shape index (κ3) is 2.67. The fourth-order valence-corrected chi connectivity index (χ4v) is 5.60. The monoisotopic (exact) mass is 318 g/mol. The van der Waals surface area contributed by atoms with Crippen molar-refractivity contribution in [1.29, 1.82) is 0 Å². The van der Waals surface area contributed by atoms with E-state index in [9.17, 15) is 9.90 Å². The summed E-state index contributed by atoms with van der Waals surface area (Å²) >= 11 is 0. The van der Waals surface area contributed by atoms with Crippen LogP contribution in [0.1, 0.15) is 66.2 Å². The van der Waals surface area contributed by atoms with Crippen molar-refractivity contribution in [3.63, 3.8) is 0 Å². The van der Waals surface area contributed by atoms with E-state index in [0.29, 0.717) is 5.92 Å².